The van der Waals surface area contributed by atoms with E-state index in [1.54, 1.807) is 0 Å². The van der Waals surface area contributed by atoms with E-state index in [0.29, 0.717) is 0 Å². The highest BCUT2D eigenvalue weighted by Crippen LogP contribution is 2.27. The highest BCUT2D eigenvalue weighted by atomic mass is 32.2. The Labute approximate surface area is 151 Å². The molecule has 8 heteroatoms. The van der Waals surface area contributed by atoms with Crippen molar-refractivity contribution >= 4 is 21.6 Å². The van der Waals surface area contributed by atoms with Crippen molar-refractivity contribution in [2.24, 2.45) is 0 Å². The van der Waals surface area contributed by atoms with E-state index in [-0.39, 0.29) is 36.4 Å². The van der Waals surface area contributed by atoms with Gasteiger partial charge in [0, 0.05) is 20.0 Å². The first-order valence-corrected chi connectivity index (χ1v) is 9.56. The number of benzene rings is 2. The number of nitrogens with one attached hydrogen (secondary N) is 1. The molecule has 0 bridgehead atoms. The molecule has 2 aromatic carbocycles. The Hall–Kier alpha value is -2.29. The van der Waals surface area contributed by atoms with E-state index in [0.717, 1.165) is 11.6 Å². The Balaban J connectivity index is 1.83. The smallest absolute Gasteiger partial charge is 0.243 e. The summed E-state index contributed by atoms with van der Waals surface area (Å²) in [6.45, 7) is 1.86. The zero-order valence-corrected chi connectivity index (χ0v) is 15.0. The van der Waals surface area contributed by atoms with E-state index in [9.17, 15) is 17.6 Å². The molecule has 1 saturated heterocycles. The number of hydrogen-bond acceptors (Lipinski definition) is 4. The summed E-state index contributed by atoms with van der Waals surface area (Å²) in [4.78, 5) is 10.9. The van der Waals surface area contributed by atoms with E-state index in [1.165, 1.54) is 23.4 Å². The second-order valence-corrected chi connectivity index (χ2v) is 7.89. The van der Waals surface area contributed by atoms with Crippen molar-refractivity contribution in [3.05, 3.63) is 59.9 Å². The molecule has 1 amide bonds. The zero-order valence-electron chi connectivity index (χ0n) is 14.2. The van der Waals surface area contributed by atoms with E-state index in [1.807, 2.05) is 30.3 Å². The number of carbonyl (C=O) groups is 1. The normalized spacial score (nSPS) is 18.5. The maximum absolute atomic E-state index is 14.1. The molecule has 1 N–H and O–H groups in total. The number of hydrogen-bond donors (Lipinski definition) is 1. The van der Waals surface area contributed by atoms with Gasteiger partial charge >= 0.3 is 0 Å². The fourth-order valence-corrected chi connectivity index (χ4v) is 4.25. The van der Waals surface area contributed by atoms with Gasteiger partial charge in [0.15, 0.2) is 0 Å². The molecular weight excluding hydrogens is 359 g/mol. The topological polar surface area (TPSA) is 75.7 Å². The van der Waals surface area contributed by atoms with E-state index >= 15 is 0 Å². The van der Waals surface area contributed by atoms with Crippen LogP contribution in [0.15, 0.2) is 53.4 Å². The van der Waals surface area contributed by atoms with Gasteiger partial charge in [-0.3, -0.25) is 4.79 Å². The first kappa shape index (κ1) is 18.5. The molecule has 0 radical (unpaired) electrons. The number of morpholine rings is 1. The third-order valence-corrected chi connectivity index (χ3v) is 5.95. The standard InChI is InChI=1S/C18H19FN2O4S/c1-13(22)20-17-8-7-15(11-16(17)19)26(23,24)21-9-10-25-18(12-21)14-5-3-2-4-6-14/h2-8,11,18H,9-10,12H2,1H3,(H,20,22). The Morgan fingerprint density at radius 2 is 1.96 bits per heavy atom. The fraction of sp³-hybridized carbons (Fsp3) is 0.278. The van der Waals surface area contributed by atoms with E-state index in [4.69, 9.17) is 4.74 Å². The second-order valence-electron chi connectivity index (χ2n) is 5.96. The largest absolute Gasteiger partial charge is 0.371 e. The molecule has 26 heavy (non-hydrogen) atoms. The molecule has 0 aliphatic carbocycles. The van der Waals surface area contributed by atoms with Crippen LogP contribution in [-0.2, 0) is 19.6 Å². The van der Waals surface area contributed by atoms with Gasteiger partial charge in [0.2, 0.25) is 15.9 Å². The molecule has 138 valence electrons. The van der Waals surface area contributed by atoms with Crippen LogP contribution in [0.3, 0.4) is 0 Å². The molecule has 3 rings (SSSR count). The van der Waals surface area contributed by atoms with Crippen LogP contribution < -0.4 is 5.32 Å². The number of rotatable bonds is 4. The van der Waals surface area contributed by atoms with Gasteiger partial charge in [0.1, 0.15) is 5.82 Å². The average molecular weight is 378 g/mol. The van der Waals surface area contributed by atoms with Gasteiger partial charge in [0.05, 0.1) is 23.3 Å². The maximum atomic E-state index is 14.1. The number of ether oxygens (including phenoxy) is 1. The Morgan fingerprint density at radius 3 is 2.62 bits per heavy atom. The van der Waals surface area contributed by atoms with E-state index in [2.05, 4.69) is 5.32 Å². The van der Waals surface area contributed by atoms with Gasteiger partial charge in [-0.2, -0.15) is 4.31 Å². The van der Waals surface area contributed by atoms with E-state index < -0.39 is 21.7 Å². The SMILES string of the molecule is CC(=O)Nc1ccc(S(=O)(=O)N2CCOC(c3ccccc3)C2)cc1F. The number of halogens is 1. The summed E-state index contributed by atoms with van der Waals surface area (Å²) in [5.41, 5.74) is 0.833. The molecule has 1 fully saturated rings. The Morgan fingerprint density at radius 1 is 1.23 bits per heavy atom. The summed E-state index contributed by atoms with van der Waals surface area (Å²) in [7, 11) is -3.87. The summed E-state index contributed by atoms with van der Waals surface area (Å²) in [6, 6.07) is 12.8. The van der Waals surface area contributed by atoms with Crippen molar-refractivity contribution in [2.45, 2.75) is 17.9 Å². The lowest BCUT2D eigenvalue weighted by Gasteiger charge is -2.32. The lowest BCUT2D eigenvalue weighted by Crippen LogP contribution is -2.42. The molecule has 1 heterocycles. The van der Waals surface area contributed by atoms with Crippen molar-refractivity contribution < 1.29 is 22.3 Å². The summed E-state index contributed by atoms with van der Waals surface area (Å²) < 4.78 is 46.8. The number of carbonyl (C=O) groups excluding carboxylic acids is 1. The van der Waals surface area contributed by atoms with Crippen molar-refractivity contribution in [2.75, 3.05) is 25.0 Å². The summed E-state index contributed by atoms with van der Waals surface area (Å²) in [5, 5.41) is 2.32. The first-order chi connectivity index (χ1) is 12.4. The highest BCUT2D eigenvalue weighted by molar-refractivity contribution is 7.89. The molecule has 0 aromatic heterocycles. The molecule has 6 nitrogen and oxygen atoms in total. The number of amides is 1. The molecule has 1 atom stereocenters. The maximum Gasteiger partial charge on any atom is 0.243 e. The van der Waals surface area contributed by atoms with Crippen LogP contribution in [0, 0.1) is 5.82 Å². The summed E-state index contributed by atoms with van der Waals surface area (Å²) in [5.74, 6) is -1.23. The van der Waals surface area contributed by atoms with Gasteiger partial charge < -0.3 is 10.1 Å². The predicted molar refractivity (Wildman–Crippen MR) is 94.6 cm³/mol. The monoisotopic (exact) mass is 378 g/mol. The molecule has 1 aliphatic rings. The van der Waals surface area contributed by atoms with Gasteiger partial charge in [-0.1, -0.05) is 30.3 Å². The lowest BCUT2D eigenvalue weighted by atomic mass is 10.1. The van der Waals surface area contributed by atoms with Crippen LogP contribution >= 0.6 is 0 Å². The molecular formula is C18H19FN2O4S. The molecule has 0 saturated carbocycles. The van der Waals surface area contributed by atoms with Gasteiger partial charge in [-0.15, -0.1) is 0 Å². The van der Waals surface area contributed by atoms with Crippen LogP contribution in [0.5, 0.6) is 0 Å². The van der Waals surface area contributed by atoms with Crippen LogP contribution in [-0.4, -0.2) is 38.3 Å². The second kappa shape index (κ2) is 7.53. The van der Waals surface area contributed by atoms with Crippen LogP contribution in [0.1, 0.15) is 18.6 Å². The average Bonchev–Trinajstić information content (AvgIpc) is 2.64. The Kier molecular flexibility index (Phi) is 5.36. The van der Waals surface area contributed by atoms with Crippen molar-refractivity contribution in [3.63, 3.8) is 0 Å². The van der Waals surface area contributed by atoms with Crippen LogP contribution in [0.25, 0.3) is 0 Å². The fourth-order valence-electron chi connectivity index (χ4n) is 2.81. The zero-order chi connectivity index (χ0) is 18.7. The van der Waals surface area contributed by atoms with Gasteiger partial charge in [0.25, 0.3) is 0 Å². The lowest BCUT2D eigenvalue weighted by molar-refractivity contribution is -0.114. The Bertz CT molecular complexity index is 903. The molecule has 2 aromatic rings. The first-order valence-electron chi connectivity index (χ1n) is 8.12. The minimum atomic E-state index is -3.87. The predicted octanol–water partition coefficient (Wildman–Crippen LogP) is 2.55. The van der Waals surface area contributed by atoms with Crippen molar-refractivity contribution in [3.8, 4) is 0 Å². The quantitative estimate of drug-likeness (QED) is 0.887. The van der Waals surface area contributed by atoms with Crippen molar-refractivity contribution in [1.82, 2.24) is 4.31 Å². The number of sulfonamides is 1. The molecule has 1 unspecified atom stereocenters. The summed E-state index contributed by atoms with van der Waals surface area (Å²) >= 11 is 0. The van der Waals surface area contributed by atoms with Crippen LogP contribution in [0.2, 0.25) is 0 Å². The number of nitrogens with zero attached hydrogens (tertiary/aromatic N) is 1. The minimum absolute atomic E-state index is 0.0550. The molecule has 1 aliphatic heterocycles. The highest BCUT2D eigenvalue weighted by Gasteiger charge is 2.32. The van der Waals surface area contributed by atoms with Crippen molar-refractivity contribution in [1.29, 1.82) is 0 Å². The third kappa shape index (κ3) is 3.92. The van der Waals surface area contributed by atoms with Crippen LogP contribution in [0.4, 0.5) is 10.1 Å². The van der Waals surface area contributed by atoms with Gasteiger partial charge in [-0.25, -0.2) is 12.8 Å². The number of anilines is 1. The third-order valence-electron chi connectivity index (χ3n) is 4.09. The summed E-state index contributed by atoms with van der Waals surface area (Å²) in [6.07, 6.45) is -0.372. The molecule has 0 spiro atoms. The minimum Gasteiger partial charge on any atom is -0.371 e. The van der Waals surface area contributed by atoms with Gasteiger partial charge in [-0.05, 0) is 23.8 Å².